The highest BCUT2D eigenvalue weighted by Crippen LogP contribution is 2.34. The van der Waals surface area contributed by atoms with Gasteiger partial charge in [0.05, 0.1) is 10.3 Å². The van der Waals surface area contributed by atoms with Crippen LogP contribution in [0.4, 0.5) is 4.39 Å². The molecule has 0 atom stereocenters. The molecule has 4 nitrogen and oxygen atoms in total. The lowest BCUT2D eigenvalue weighted by atomic mass is 9.93. The summed E-state index contributed by atoms with van der Waals surface area (Å²) < 4.78 is 37.3. The zero-order valence-electron chi connectivity index (χ0n) is 14.8. The van der Waals surface area contributed by atoms with E-state index in [1.165, 1.54) is 12.3 Å². The number of benzene rings is 2. The topological polar surface area (TPSA) is 66.9 Å². The number of halogens is 1. The number of aryl methyl sites for hydroxylation is 2. The van der Waals surface area contributed by atoms with Crippen LogP contribution in [-0.2, 0) is 27.8 Å². The van der Waals surface area contributed by atoms with Gasteiger partial charge in [-0.1, -0.05) is 19.1 Å². The van der Waals surface area contributed by atoms with Crippen molar-refractivity contribution in [2.24, 2.45) is 0 Å². The van der Waals surface area contributed by atoms with Crippen molar-refractivity contribution in [2.75, 3.05) is 6.26 Å². The minimum atomic E-state index is -3.25. The Bertz CT molecular complexity index is 1090. The Morgan fingerprint density at radius 1 is 1.04 bits per heavy atom. The number of nitrogens with zero attached hydrogens (tertiary/aromatic N) is 1. The number of hydrogen-bond donors (Lipinski definition) is 0. The largest absolute Gasteiger partial charge is 0.289 e. The predicted molar refractivity (Wildman–Crippen MR) is 98.3 cm³/mol. The number of aromatic nitrogens is 1. The summed E-state index contributed by atoms with van der Waals surface area (Å²) in [4.78, 5) is 4.59. The lowest BCUT2D eigenvalue weighted by Gasteiger charge is -2.15. The molecule has 0 bridgehead atoms. The fourth-order valence-electron chi connectivity index (χ4n) is 3.24. The van der Waals surface area contributed by atoms with Gasteiger partial charge in [-0.2, -0.15) is 0 Å². The van der Waals surface area contributed by atoms with E-state index in [0.717, 1.165) is 22.8 Å². The highest BCUT2D eigenvalue weighted by Gasteiger charge is 2.18. The molecular formula is C20H19FNO3S. The maximum atomic E-state index is 14.1. The number of fused-ring (bicyclic) bond motifs is 1. The molecule has 3 rings (SSSR count). The fourth-order valence-corrected chi connectivity index (χ4v) is 3.87. The quantitative estimate of drug-likeness (QED) is 0.682. The first-order chi connectivity index (χ1) is 12.2. The molecule has 0 aliphatic heterocycles. The van der Waals surface area contributed by atoms with Crippen molar-refractivity contribution in [3.05, 3.63) is 64.6 Å². The molecule has 0 aliphatic carbocycles. The molecule has 1 aromatic heterocycles. The van der Waals surface area contributed by atoms with Gasteiger partial charge in [-0.05, 0) is 60.7 Å². The summed E-state index contributed by atoms with van der Waals surface area (Å²) in [6, 6.07) is 9.03. The number of rotatable bonds is 4. The maximum absolute atomic E-state index is 14.1. The maximum Gasteiger partial charge on any atom is 0.188 e. The minimum Gasteiger partial charge on any atom is -0.289 e. The molecule has 0 saturated heterocycles. The Morgan fingerprint density at radius 3 is 2.27 bits per heavy atom. The Labute approximate surface area is 152 Å². The second-order valence-corrected chi connectivity index (χ2v) is 8.39. The fraction of sp³-hybridized carbons (Fsp3) is 0.250. The number of pyridine rings is 1. The molecule has 0 amide bonds. The van der Waals surface area contributed by atoms with Gasteiger partial charge in [-0.15, -0.1) is 0 Å². The summed E-state index contributed by atoms with van der Waals surface area (Å²) in [7, 11) is -3.25. The third-order valence-electron chi connectivity index (χ3n) is 4.56. The molecule has 6 heteroatoms. The Kier molecular flexibility index (Phi) is 4.71. The first kappa shape index (κ1) is 18.3. The molecule has 0 N–H and O–H groups in total. The van der Waals surface area contributed by atoms with Gasteiger partial charge in [0.2, 0.25) is 0 Å². The summed E-state index contributed by atoms with van der Waals surface area (Å²) in [6.07, 6.45) is 2.24. The van der Waals surface area contributed by atoms with E-state index in [4.69, 9.17) is 0 Å². The summed E-state index contributed by atoms with van der Waals surface area (Å²) in [6.45, 7) is 3.73. The summed E-state index contributed by atoms with van der Waals surface area (Å²) in [5, 5.41) is 12.6. The van der Waals surface area contributed by atoms with Crippen molar-refractivity contribution < 1.29 is 17.9 Å². The van der Waals surface area contributed by atoms with Gasteiger partial charge in [-0.25, -0.2) is 17.8 Å². The highest BCUT2D eigenvalue weighted by atomic mass is 32.2. The Morgan fingerprint density at radius 2 is 1.69 bits per heavy atom. The van der Waals surface area contributed by atoms with Gasteiger partial charge in [0.15, 0.2) is 15.6 Å². The Hall–Kier alpha value is -2.47. The Balaban J connectivity index is 2.13. The van der Waals surface area contributed by atoms with E-state index in [1.54, 1.807) is 31.2 Å². The summed E-state index contributed by atoms with van der Waals surface area (Å²) in [5.41, 5.74) is 3.37. The molecule has 0 spiro atoms. The van der Waals surface area contributed by atoms with Crippen molar-refractivity contribution in [3.63, 3.8) is 0 Å². The lowest BCUT2D eigenvalue weighted by molar-refractivity contribution is 0.359. The number of sulfone groups is 1. The van der Waals surface area contributed by atoms with Crippen molar-refractivity contribution in [1.82, 2.24) is 4.98 Å². The molecule has 1 radical (unpaired) electrons. The molecule has 26 heavy (non-hydrogen) atoms. The SMILES string of the molecule is CCc1c(Cc2ccc(S(C)(=O)=O)cc2)c(C)nc2c(F)ccc([O])c12. The zero-order valence-corrected chi connectivity index (χ0v) is 15.7. The second-order valence-electron chi connectivity index (χ2n) is 6.37. The monoisotopic (exact) mass is 372 g/mol. The molecule has 0 unspecified atom stereocenters. The van der Waals surface area contributed by atoms with Crippen LogP contribution in [0.15, 0.2) is 41.3 Å². The normalized spacial score (nSPS) is 11.8. The lowest BCUT2D eigenvalue weighted by Crippen LogP contribution is -2.04. The molecule has 0 aliphatic rings. The van der Waals surface area contributed by atoms with Crippen LogP contribution in [0.25, 0.3) is 10.9 Å². The van der Waals surface area contributed by atoms with E-state index in [1.807, 2.05) is 6.92 Å². The van der Waals surface area contributed by atoms with Gasteiger partial charge in [-0.3, -0.25) is 5.11 Å². The van der Waals surface area contributed by atoms with Crippen LogP contribution < -0.4 is 0 Å². The average Bonchev–Trinajstić information content (AvgIpc) is 2.59. The predicted octanol–water partition coefficient (Wildman–Crippen LogP) is 4.38. The van der Waals surface area contributed by atoms with E-state index in [-0.39, 0.29) is 16.2 Å². The molecule has 3 aromatic rings. The van der Waals surface area contributed by atoms with Crippen LogP contribution in [0.2, 0.25) is 0 Å². The standard InChI is InChI=1S/C20H19FNO3S/c1-4-15-16(11-13-5-7-14(8-6-13)26(3,24)25)12(2)22-20-17(21)9-10-18(23)19(15)20/h5-10H,4,11H2,1-3H3. The van der Waals surface area contributed by atoms with Gasteiger partial charge >= 0.3 is 0 Å². The molecule has 2 aromatic carbocycles. The van der Waals surface area contributed by atoms with Crippen LogP contribution >= 0.6 is 0 Å². The van der Waals surface area contributed by atoms with Gasteiger partial charge in [0.25, 0.3) is 0 Å². The van der Waals surface area contributed by atoms with Crippen LogP contribution in [0.3, 0.4) is 0 Å². The third kappa shape index (κ3) is 3.29. The van der Waals surface area contributed by atoms with E-state index >= 15 is 0 Å². The van der Waals surface area contributed by atoms with Gasteiger partial charge in [0, 0.05) is 11.9 Å². The molecule has 0 fully saturated rings. The zero-order chi connectivity index (χ0) is 19.1. The highest BCUT2D eigenvalue weighted by molar-refractivity contribution is 7.90. The van der Waals surface area contributed by atoms with E-state index < -0.39 is 15.7 Å². The molecule has 135 valence electrons. The van der Waals surface area contributed by atoms with E-state index in [9.17, 15) is 17.9 Å². The van der Waals surface area contributed by atoms with E-state index in [0.29, 0.717) is 23.9 Å². The van der Waals surface area contributed by atoms with E-state index in [2.05, 4.69) is 4.98 Å². The van der Waals surface area contributed by atoms with Crippen molar-refractivity contribution >= 4 is 20.7 Å². The minimum absolute atomic E-state index is 0.114. The molecule has 0 saturated carbocycles. The van der Waals surface area contributed by atoms with Crippen LogP contribution in [0, 0.1) is 12.7 Å². The second kappa shape index (κ2) is 6.68. The van der Waals surface area contributed by atoms with Gasteiger partial charge in [0.1, 0.15) is 11.3 Å². The van der Waals surface area contributed by atoms with Gasteiger partial charge < -0.3 is 0 Å². The van der Waals surface area contributed by atoms with Crippen LogP contribution in [-0.4, -0.2) is 19.7 Å². The first-order valence-corrected chi connectivity index (χ1v) is 10.2. The molecule has 1 heterocycles. The van der Waals surface area contributed by atoms with Crippen LogP contribution in [0.1, 0.15) is 29.3 Å². The average molecular weight is 372 g/mol. The van der Waals surface area contributed by atoms with Crippen LogP contribution in [0.5, 0.6) is 5.75 Å². The smallest absolute Gasteiger partial charge is 0.188 e. The third-order valence-corrected chi connectivity index (χ3v) is 5.69. The first-order valence-electron chi connectivity index (χ1n) is 8.29. The van der Waals surface area contributed by atoms with Crippen molar-refractivity contribution in [1.29, 1.82) is 0 Å². The van der Waals surface area contributed by atoms with Crippen molar-refractivity contribution in [3.8, 4) is 5.75 Å². The van der Waals surface area contributed by atoms with Crippen molar-refractivity contribution in [2.45, 2.75) is 31.6 Å². The summed E-state index contributed by atoms with van der Waals surface area (Å²) >= 11 is 0. The molecular weight excluding hydrogens is 353 g/mol. The summed E-state index contributed by atoms with van der Waals surface area (Å²) in [5.74, 6) is -0.735. The number of hydrogen-bond acceptors (Lipinski definition) is 3.